The molecule has 6 rings (SSSR count). The van der Waals surface area contributed by atoms with E-state index in [1.807, 2.05) is 0 Å². The Balaban J connectivity index is 1.59. The Morgan fingerprint density at radius 2 is 1.05 bits per heavy atom. The predicted octanol–water partition coefficient (Wildman–Crippen LogP) is 1.50. The van der Waals surface area contributed by atoms with Crippen LogP contribution in [0, 0.1) is 23.7 Å². The largest absolute Gasteiger partial charge is 0.347 e. The lowest BCUT2D eigenvalue weighted by molar-refractivity contribution is -0.329. The second-order valence-electron chi connectivity index (χ2n) is 7.28. The highest BCUT2D eigenvalue weighted by atomic mass is 16.7. The molecule has 5 heteroatoms. The van der Waals surface area contributed by atoms with E-state index in [1.54, 1.807) is 0 Å². The number of hydrogen-bond donors (Lipinski definition) is 0. The minimum Gasteiger partial charge on any atom is -0.347 e. The monoisotopic (exact) mass is 294 g/mol. The molecule has 6 aliphatic rings. The van der Waals surface area contributed by atoms with Gasteiger partial charge in [-0.2, -0.15) is 0 Å². The maximum atomic E-state index is 12.4. The van der Waals surface area contributed by atoms with Crippen LogP contribution < -0.4 is 0 Å². The predicted molar refractivity (Wildman–Crippen MR) is 71.3 cm³/mol. The molecule has 0 aromatic carbocycles. The van der Waals surface area contributed by atoms with Crippen molar-refractivity contribution >= 4 is 5.78 Å². The highest BCUT2D eigenvalue weighted by Gasteiger charge is 2.66. The van der Waals surface area contributed by atoms with Crippen LogP contribution in [0.2, 0.25) is 0 Å². The van der Waals surface area contributed by atoms with Gasteiger partial charge in [-0.3, -0.25) is 4.79 Å². The first-order chi connectivity index (χ1) is 10.2. The third-order valence-corrected chi connectivity index (χ3v) is 6.41. The van der Waals surface area contributed by atoms with Crippen LogP contribution in [-0.4, -0.2) is 43.8 Å². The molecule has 2 unspecified atom stereocenters. The van der Waals surface area contributed by atoms with E-state index in [1.165, 1.54) is 0 Å². The van der Waals surface area contributed by atoms with Crippen molar-refractivity contribution in [2.75, 3.05) is 26.4 Å². The normalized spacial score (nSPS) is 46.4. The number of Topliss-reactive ketones (excluding diaryl/α,β-unsaturated/α-hetero) is 1. The van der Waals surface area contributed by atoms with Crippen molar-refractivity contribution < 1.29 is 23.7 Å². The molecule has 21 heavy (non-hydrogen) atoms. The molecule has 2 aliphatic heterocycles. The van der Waals surface area contributed by atoms with Gasteiger partial charge in [-0.25, -0.2) is 0 Å². The first kappa shape index (κ1) is 13.0. The van der Waals surface area contributed by atoms with Gasteiger partial charge in [0.25, 0.3) is 0 Å². The van der Waals surface area contributed by atoms with E-state index in [-0.39, 0.29) is 11.8 Å². The zero-order chi connectivity index (χ0) is 14.1. The molecule has 0 amide bonds. The molecule has 6 fully saturated rings. The zero-order valence-corrected chi connectivity index (χ0v) is 12.2. The van der Waals surface area contributed by atoms with Gasteiger partial charge in [0.15, 0.2) is 11.6 Å². The number of carbonyl (C=O) groups excluding carboxylic acids is 1. The van der Waals surface area contributed by atoms with Gasteiger partial charge in [0.2, 0.25) is 0 Å². The summed E-state index contributed by atoms with van der Waals surface area (Å²) in [5, 5.41) is 0. The van der Waals surface area contributed by atoms with Crippen LogP contribution in [0.25, 0.3) is 0 Å². The van der Waals surface area contributed by atoms with Crippen LogP contribution in [0.3, 0.4) is 0 Å². The molecule has 4 aliphatic carbocycles. The van der Waals surface area contributed by atoms with Crippen molar-refractivity contribution in [1.29, 1.82) is 0 Å². The van der Waals surface area contributed by atoms with Gasteiger partial charge in [0, 0.05) is 36.5 Å². The van der Waals surface area contributed by atoms with Crippen LogP contribution in [0.1, 0.15) is 32.1 Å². The molecule has 0 N–H and O–H groups in total. The summed E-state index contributed by atoms with van der Waals surface area (Å²) in [6.45, 7) is 2.65. The van der Waals surface area contributed by atoms with Crippen molar-refractivity contribution in [2.45, 2.75) is 43.7 Å². The fourth-order valence-corrected chi connectivity index (χ4v) is 5.79. The van der Waals surface area contributed by atoms with Crippen molar-refractivity contribution in [1.82, 2.24) is 0 Å². The van der Waals surface area contributed by atoms with Crippen molar-refractivity contribution in [3.63, 3.8) is 0 Å². The van der Waals surface area contributed by atoms with Crippen LogP contribution in [0.5, 0.6) is 0 Å². The van der Waals surface area contributed by atoms with Gasteiger partial charge >= 0.3 is 0 Å². The molecule has 2 spiro atoms. The fourth-order valence-electron chi connectivity index (χ4n) is 5.79. The number of carbonyl (C=O) groups is 1. The van der Waals surface area contributed by atoms with E-state index in [2.05, 4.69) is 0 Å². The average Bonchev–Trinajstić information content (AvgIpc) is 3.12. The Morgan fingerprint density at radius 3 is 1.48 bits per heavy atom. The van der Waals surface area contributed by atoms with E-state index < -0.39 is 11.6 Å². The minimum absolute atomic E-state index is 0.169. The lowest BCUT2D eigenvalue weighted by atomic mass is 9.55. The lowest BCUT2D eigenvalue weighted by Gasteiger charge is -2.59. The van der Waals surface area contributed by atoms with Crippen LogP contribution in [0.15, 0.2) is 0 Å². The molecule has 0 radical (unpaired) electrons. The lowest BCUT2D eigenvalue weighted by Crippen LogP contribution is -2.64. The van der Waals surface area contributed by atoms with Gasteiger partial charge < -0.3 is 18.9 Å². The summed E-state index contributed by atoms with van der Waals surface area (Å²) in [7, 11) is 0. The van der Waals surface area contributed by atoms with Gasteiger partial charge in [-0.05, 0) is 19.3 Å². The maximum Gasteiger partial charge on any atom is 0.174 e. The summed E-state index contributed by atoms with van der Waals surface area (Å²) in [5.74, 6) is 0.446. The van der Waals surface area contributed by atoms with Gasteiger partial charge in [-0.15, -0.1) is 0 Å². The van der Waals surface area contributed by atoms with Gasteiger partial charge in [-0.1, -0.05) is 0 Å². The number of ether oxygens (including phenoxy) is 4. The minimum atomic E-state index is -0.495. The standard InChI is InChI=1S/C16H22O5/c17-14-8-12-7-11-5-10(15(12)18-1-2-19-15)6-13(9-14)16(11)20-3-4-21-16/h10-13H,1-9H2/t10-,11-,12?,13?/m0/s1. The van der Waals surface area contributed by atoms with E-state index in [0.29, 0.717) is 56.9 Å². The Hall–Kier alpha value is -0.490. The molecule has 4 bridgehead atoms. The molecule has 2 saturated heterocycles. The summed E-state index contributed by atoms with van der Waals surface area (Å²) < 4.78 is 24.4. The van der Waals surface area contributed by atoms with E-state index in [0.717, 1.165) is 19.3 Å². The van der Waals surface area contributed by atoms with Crippen LogP contribution in [-0.2, 0) is 23.7 Å². The summed E-state index contributed by atoms with van der Waals surface area (Å²) in [6, 6.07) is 0. The molecule has 0 aromatic rings. The number of hydrogen-bond acceptors (Lipinski definition) is 5. The summed E-state index contributed by atoms with van der Waals surface area (Å²) in [5.41, 5.74) is 0. The number of rotatable bonds is 0. The van der Waals surface area contributed by atoms with E-state index in [4.69, 9.17) is 18.9 Å². The Labute approximate surface area is 124 Å². The average molecular weight is 294 g/mol. The van der Waals surface area contributed by atoms with Crippen LogP contribution in [0.4, 0.5) is 0 Å². The number of fused-ring (bicyclic) bond motifs is 2. The van der Waals surface area contributed by atoms with E-state index >= 15 is 0 Å². The summed E-state index contributed by atoms with van der Waals surface area (Å²) >= 11 is 0. The molecular weight excluding hydrogens is 272 g/mol. The summed E-state index contributed by atoms with van der Waals surface area (Å²) in [6.07, 6.45) is 4.10. The second kappa shape index (κ2) is 4.28. The Bertz CT molecular complexity index is 423. The fraction of sp³-hybridized carbons (Fsp3) is 0.938. The first-order valence-corrected chi connectivity index (χ1v) is 8.30. The third-order valence-electron chi connectivity index (χ3n) is 6.41. The summed E-state index contributed by atoms with van der Waals surface area (Å²) in [4.78, 5) is 12.4. The molecule has 2 heterocycles. The van der Waals surface area contributed by atoms with Crippen molar-refractivity contribution in [2.24, 2.45) is 23.7 Å². The molecule has 0 aromatic heterocycles. The molecular formula is C16H22O5. The van der Waals surface area contributed by atoms with Crippen molar-refractivity contribution in [3.8, 4) is 0 Å². The third kappa shape index (κ3) is 1.58. The number of ketones is 1. The SMILES string of the molecule is O=C1CC2C[C@@H]3C[C@@H](CC(C1)C31OCCO1)C21OCCO1. The Kier molecular flexibility index (Phi) is 2.65. The molecule has 116 valence electrons. The zero-order valence-electron chi connectivity index (χ0n) is 12.2. The van der Waals surface area contributed by atoms with Gasteiger partial charge in [0.05, 0.1) is 26.4 Å². The van der Waals surface area contributed by atoms with E-state index in [9.17, 15) is 4.79 Å². The highest BCUT2D eigenvalue weighted by molar-refractivity contribution is 5.79. The molecule has 4 atom stereocenters. The topological polar surface area (TPSA) is 54.0 Å². The quantitative estimate of drug-likeness (QED) is 0.677. The van der Waals surface area contributed by atoms with Gasteiger partial charge in [0.1, 0.15) is 5.78 Å². The smallest absolute Gasteiger partial charge is 0.174 e. The first-order valence-electron chi connectivity index (χ1n) is 8.30. The second-order valence-corrected chi connectivity index (χ2v) is 7.28. The molecule has 4 saturated carbocycles. The Morgan fingerprint density at radius 1 is 0.667 bits per heavy atom. The highest BCUT2D eigenvalue weighted by Crippen LogP contribution is 2.61. The molecule has 5 nitrogen and oxygen atoms in total. The van der Waals surface area contributed by atoms with Crippen molar-refractivity contribution in [3.05, 3.63) is 0 Å². The van der Waals surface area contributed by atoms with Crippen LogP contribution >= 0.6 is 0 Å². The maximum absolute atomic E-state index is 12.4.